The van der Waals surface area contributed by atoms with E-state index in [9.17, 15) is 14.4 Å². The molecule has 1 atom stereocenters. The van der Waals surface area contributed by atoms with Gasteiger partial charge < -0.3 is 14.8 Å². The maximum Gasteiger partial charge on any atom is 0.261 e. The van der Waals surface area contributed by atoms with Crippen molar-refractivity contribution >= 4 is 17.7 Å². The summed E-state index contributed by atoms with van der Waals surface area (Å²) < 4.78 is 11.4. The Morgan fingerprint density at radius 1 is 1.00 bits per heavy atom. The van der Waals surface area contributed by atoms with Crippen LogP contribution in [-0.4, -0.2) is 41.3 Å². The Balaban J connectivity index is 1.44. The van der Waals surface area contributed by atoms with E-state index in [1.54, 1.807) is 31.6 Å². The van der Waals surface area contributed by atoms with Gasteiger partial charge in [0.1, 0.15) is 6.61 Å². The van der Waals surface area contributed by atoms with Gasteiger partial charge in [0.15, 0.2) is 11.5 Å². The Morgan fingerprint density at radius 2 is 1.75 bits per heavy atom. The molecule has 2 heterocycles. The molecule has 0 radical (unpaired) electrons. The zero-order chi connectivity index (χ0) is 25.7. The lowest BCUT2D eigenvalue weighted by molar-refractivity contribution is 0.0652. The van der Waals surface area contributed by atoms with E-state index < -0.39 is 0 Å². The maximum atomic E-state index is 13.0. The van der Waals surface area contributed by atoms with Gasteiger partial charge in [-0.3, -0.25) is 24.3 Å². The second kappa shape index (κ2) is 11.0. The first-order valence-corrected chi connectivity index (χ1v) is 11.9. The number of carbonyl (C=O) groups is 3. The molecule has 1 unspecified atom stereocenters. The van der Waals surface area contributed by atoms with E-state index in [1.165, 1.54) is 11.0 Å². The third-order valence-electron chi connectivity index (χ3n) is 6.15. The van der Waals surface area contributed by atoms with Crippen LogP contribution < -0.4 is 14.8 Å². The average Bonchev–Trinajstić information content (AvgIpc) is 3.15. The summed E-state index contributed by atoms with van der Waals surface area (Å²) in [7, 11) is 1.56. The molecule has 1 aliphatic rings. The number of hydrogen-bond acceptors (Lipinski definition) is 6. The fourth-order valence-corrected chi connectivity index (χ4v) is 4.03. The summed E-state index contributed by atoms with van der Waals surface area (Å²) in [5, 5.41) is 2.95. The van der Waals surface area contributed by atoms with Crippen LogP contribution in [0, 0.1) is 0 Å². The van der Waals surface area contributed by atoms with Gasteiger partial charge >= 0.3 is 0 Å². The van der Waals surface area contributed by atoms with Gasteiger partial charge in [0.2, 0.25) is 0 Å². The summed E-state index contributed by atoms with van der Waals surface area (Å²) in [5.74, 6) is 0.150. The number of nitrogens with one attached hydrogen (secondary N) is 1. The SMILES string of the molecule is CCCCN1C(=O)c2ccc(C(=O)NC(C)c3ccc(OCc4ccncc4)c(OC)c3)cc2C1=O. The number of unbranched alkanes of at least 4 members (excludes halogenated alkanes) is 1. The normalized spacial score (nSPS) is 13.4. The summed E-state index contributed by atoms with van der Waals surface area (Å²) in [6, 6.07) is 13.5. The molecule has 1 aliphatic heterocycles. The number of aromatic nitrogens is 1. The Labute approximate surface area is 210 Å². The van der Waals surface area contributed by atoms with Gasteiger partial charge in [-0.05, 0) is 66.9 Å². The van der Waals surface area contributed by atoms with Crippen molar-refractivity contribution in [2.45, 2.75) is 39.3 Å². The second-order valence-corrected chi connectivity index (χ2v) is 8.63. The molecule has 1 N–H and O–H groups in total. The highest BCUT2D eigenvalue weighted by Gasteiger charge is 2.35. The molecule has 3 amide bonds. The van der Waals surface area contributed by atoms with Gasteiger partial charge in [-0.15, -0.1) is 0 Å². The van der Waals surface area contributed by atoms with Crippen LogP contribution in [0.3, 0.4) is 0 Å². The van der Waals surface area contributed by atoms with Crippen LogP contribution in [0.4, 0.5) is 0 Å². The maximum absolute atomic E-state index is 13.0. The number of nitrogens with zero attached hydrogens (tertiary/aromatic N) is 2. The van der Waals surface area contributed by atoms with Gasteiger partial charge in [0.05, 0.1) is 24.3 Å². The number of ether oxygens (including phenoxy) is 2. The molecule has 0 saturated carbocycles. The summed E-state index contributed by atoms with van der Waals surface area (Å²) in [5.41, 5.74) is 2.75. The van der Waals surface area contributed by atoms with Crippen LogP contribution in [0.1, 0.15) is 74.9 Å². The van der Waals surface area contributed by atoms with E-state index in [4.69, 9.17) is 9.47 Å². The van der Waals surface area contributed by atoms with Crippen LogP contribution in [0.2, 0.25) is 0 Å². The Morgan fingerprint density at radius 3 is 2.47 bits per heavy atom. The van der Waals surface area contributed by atoms with Crippen LogP contribution >= 0.6 is 0 Å². The highest BCUT2D eigenvalue weighted by atomic mass is 16.5. The fraction of sp³-hybridized carbons (Fsp3) is 0.286. The van der Waals surface area contributed by atoms with Gasteiger partial charge in [-0.1, -0.05) is 19.4 Å². The minimum absolute atomic E-state index is 0.272. The molecule has 3 aromatic rings. The van der Waals surface area contributed by atoms with Crippen LogP contribution in [0.15, 0.2) is 60.9 Å². The van der Waals surface area contributed by atoms with E-state index in [0.29, 0.717) is 35.8 Å². The van der Waals surface area contributed by atoms with Crippen molar-refractivity contribution in [1.29, 1.82) is 0 Å². The third kappa shape index (κ3) is 5.22. The molecule has 0 spiro atoms. The van der Waals surface area contributed by atoms with Crippen molar-refractivity contribution in [2.75, 3.05) is 13.7 Å². The summed E-state index contributed by atoms with van der Waals surface area (Å²) >= 11 is 0. The van der Waals surface area contributed by atoms with E-state index in [1.807, 2.05) is 44.2 Å². The number of pyridine rings is 1. The molecule has 8 heteroatoms. The molecule has 0 bridgehead atoms. The van der Waals surface area contributed by atoms with Crippen molar-refractivity contribution in [3.8, 4) is 11.5 Å². The van der Waals surface area contributed by atoms with Gasteiger partial charge in [0.25, 0.3) is 17.7 Å². The first kappa shape index (κ1) is 24.9. The van der Waals surface area contributed by atoms with E-state index in [0.717, 1.165) is 24.0 Å². The smallest absolute Gasteiger partial charge is 0.261 e. The number of benzene rings is 2. The van der Waals surface area contributed by atoms with Gasteiger partial charge in [0, 0.05) is 24.5 Å². The first-order valence-electron chi connectivity index (χ1n) is 11.9. The number of amides is 3. The van der Waals surface area contributed by atoms with E-state index >= 15 is 0 Å². The average molecular weight is 488 g/mol. The van der Waals surface area contributed by atoms with Crippen LogP contribution in [0.25, 0.3) is 0 Å². The topological polar surface area (TPSA) is 97.8 Å². The van der Waals surface area contributed by atoms with Gasteiger partial charge in [-0.25, -0.2) is 0 Å². The number of carbonyl (C=O) groups excluding carboxylic acids is 3. The van der Waals surface area contributed by atoms with Crippen molar-refractivity contribution in [3.63, 3.8) is 0 Å². The molecule has 8 nitrogen and oxygen atoms in total. The van der Waals surface area contributed by atoms with Crippen molar-refractivity contribution in [2.24, 2.45) is 0 Å². The lowest BCUT2D eigenvalue weighted by atomic mass is 10.0. The molecular weight excluding hydrogens is 458 g/mol. The predicted octanol–water partition coefficient (Wildman–Crippen LogP) is 4.56. The zero-order valence-corrected chi connectivity index (χ0v) is 20.6. The Kier molecular flexibility index (Phi) is 7.63. The predicted molar refractivity (Wildman–Crippen MR) is 134 cm³/mol. The summed E-state index contributed by atoms with van der Waals surface area (Å²) in [6.45, 7) is 4.62. The molecule has 1 aromatic heterocycles. The van der Waals surface area contributed by atoms with Crippen molar-refractivity contribution in [1.82, 2.24) is 15.2 Å². The minimum Gasteiger partial charge on any atom is -0.493 e. The van der Waals surface area contributed by atoms with Crippen LogP contribution in [-0.2, 0) is 6.61 Å². The molecular formula is C28H29N3O5. The molecule has 0 fully saturated rings. The third-order valence-corrected chi connectivity index (χ3v) is 6.15. The second-order valence-electron chi connectivity index (χ2n) is 8.63. The first-order chi connectivity index (χ1) is 17.4. The molecule has 0 saturated heterocycles. The molecule has 0 aliphatic carbocycles. The standard InChI is InChI=1S/C28H29N3O5/c1-4-5-14-31-27(33)22-8-6-21(15-23(22)28(31)34)26(32)30-18(2)20-7-9-24(25(16-20)35-3)36-17-19-10-12-29-13-11-19/h6-13,15-16,18H,4-5,14,17H2,1-3H3,(H,30,32). The van der Waals surface area contributed by atoms with Gasteiger partial charge in [-0.2, -0.15) is 0 Å². The number of fused-ring (bicyclic) bond motifs is 1. The highest BCUT2D eigenvalue weighted by Crippen LogP contribution is 2.31. The molecule has 2 aromatic carbocycles. The summed E-state index contributed by atoms with van der Waals surface area (Å²) in [6.07, 6.45) is 5.04. The van der Waals surface area contributed by atoms with Crippen molar-refractivity contribution in [3.05, 3.63) is 88.7 Å². The Hall–Kier alpha value is -4.20. The molecule has 4 rings (SSSR count). The molecule has 186 valence electrons. The zero-order valence-electron chi connectivity index (χ0n) is 20.6. The highest BCUT2D eigenvalue weighted by molar-refractivity contribution is 6.22. The lowest BCUT2D eigenvalue weighted by Crippen LogP contribution is -2.30. The van der Waals surface area contributed by atoms with Crippen molar-refractivity contribution < 1.29 is 23.9 Å². The Bertz CT molecular complexity index is 1280. The quantitative estimate of drug-likeness (QED) is 0.421. The number of rotatable bonds is 10. The fourth-order valence-electron chi connectivity index (χ4n) is 4.03. The monoisotopic (exact) mass is 487 g/mol. The van der Waals surface area contributed by atoms with Crippen LogP contribution in [0.5, 0.6) is 11.5 Å². The van der Waals surface area contributed by atoms with E-state index in [-0.39, 0.29) is 29.3 Å². The summed E-state index contributed by atoms with van der Waals surface area (Å²) in [4.78, 5) is 43.5. The lowest BCUT2D eigenvalue weighted by Gasteiger charge is -2.17. The van der Waals surface area contributed by atoms with E-state index in [2.05, 4.69) is 10.3 Å². The minimum atomic E-state index is -0.349. The number of hydrogen-bond donors (Lipinski definition) is 1. The number of methoxy groups -OCH3 is 1. The largest absolute Gasteiger partial charge is 0.493 e. The number of imide groups is 1. The molecule has 36 heavy (non-hydrogen) atoms.